The van der Waals surface area contributed by atoms with E-state index < -0.39 is 11.9 Å². The van der Waals surface area contributed by atoms with Crippen LogP contribution < -0.4 is 10.6 Å². The van der Waals surface area contributed by atoms with Crippen LogP contribution in [0.25, 0.3) is 0 Å². The predicted octanol–water partition coefficient (Wildman–Crippen LogP) is 3.18. The number of nitrogens with zero attached hydrogens (tertiary/aromatic N) is 2. The van der Waals surface area contributed by atoms with E-state index in [1.165, 1.54) is 6.07 Å². The van der Waals surface area contributed by atoms with Crippen molar-refractivity contribution in [3.63, 3.8) is 0 Å². The van der Waals surface area contributed by atoms with Crippen LogP contribution in [0.5, 0.6) is 0 Å². The zero-order chi connectivity index (χ0) is 16.1. The molecule has 2 rings (SSSR count). The summed E-state index contributed by atoms with van der Waals surface area (Å²) in [5.74, 6) is -0.734. The van der Waals surface area contributed by atoms with Crippen LogP contribution in [0, 0.1) is 12.7 Å². The van der Waals surface area contributed by atoms with Crippen molar-refractivity contribution in [2.45, 2.75) is 39.8 Å². The van der Waals surface area contributed by atoms with Crippen molar-refractivity contribution in [3.8, 4) is 0 Å². The Balaban J connectivity index is 1.96. The van der Waals surface area contributed by atoms with Gasteiger partial charge in [-0.1, -0.05) is 13.0 Å². The highest BCUT2D eigenvalue weighted by atomic mass is 19.1. The molecule has 22 heavy (non-hydrogen) atoms. The molecule has 0 saturated carbocycles. The highest BCUT2D eigenvalue weighted by molar-refractivity contribution is 5.96. The molecule has 0 aliphatic heterocycles. The monoisotopic (exact) mass is 304 g/mol. The Morgan fingerprint density at radius 3 is 2.91 bits per heavy atom. The van der Waals surface area contributed by atoms with E-state index in [0.29, 0.717) is 0 Å². The molecule has 0 aliphatic rings. The molecule has 0 spiro atoms. The second-order valence-electron chi connectivity index (χ2n) is 5.33. The normalized spacial score (nSPS) is 12.0. The third-order valence-electron chi connectivity index (χ3n) is 3.24. The first-order valence-corrected chi connectivity index (χ1v) is 7.35. The van der Waals surface area contributed by atoms with Gasteiger partial charge in [-0.05, 0) is 38.0 Å². The molecular formula is C16H21FN4O. The summed E-state index contributed by atoms with van der Waals surface area (Å²) >= 11 is 0. The Morgan fingerprint density at radius 1 is 1.45 bits per heavy atom. The van der Waals surface area contributed by atoms with Gasteiger partial charge in [0.15, 0.2) is 0 Å². The lowest BCUT2D eigenvalue weighted by atomic mass is 10.2. The topological polar surface area (TPSA) is 59.0 Å². The number of aromatic nitrogens is 2. The molecule has 2 N–H and O–H groups in total. The molecule has 1 amide bonds. The molecule has 5 nitrogen and oxygen atoms in total. The van der Waals surface area contributed by atoms with Crippen LogP contribution in [-0.2, 0) is 11.3 Å². The summed E-state index contributed by atoms with van der Waals surface area (Å²) in [5.41, 5.74) is 1.76. The van der Waals surface area contributed by atoms with E-state index in [-0.39, 0.29) is 11.6 Å². The van der Waals surface area contributed by atoms with E-state index in [9.17, 15) is 9.18 Å². The maximum atomic E-state index is 13.7. The van der Waals surface area contributed by atoms with Crippen LogP contribution >= 0.6 is 0 Å². The molecule has 0 radical (unpaired) electrons. The Morgan fingerprint density at radius 2 is 2.23 bits per heavy atom. The number of aryl methyl sites for hydroxylation is 2. The van der Waals surface area contributed by atoms with Crippen LogP contribution in [0.2, 0.25) is 0 Å². The zero-order valence-electron chi connectivity index (χ0n) is 13.1. The van der Waals surface area contributed by atoms with Crippen molar-refractivity contribution in [2.24, 2.45) is 0 Å². The number of benzene rings is 1. The van der Waals surface area contributed by atoms with Gasteiger partial charge in [-0.3, -0.25) is 9.48 Å². The van der Waals surface area contributed by atoms with E-state index in [4.69, 9.17) is 0 Å². The average Bonchev–Trinajstić information content (AvgIpc) is 2.89. The summed E-state index contributed by atoms with van der Waals surface area (Å²) in [5, 5.41) is 9.83. The number of carbonyl (C=O) groups excluding carboxylic acids is 1. The van der Waals surface area contributed by atoms with Crippen LogP contribution in [0.1, 0.15) is 25.8 Å². The molecule has 1 unspecified atom stereocenters. The summed E-state index contributed by atoms with van der Waals surface area (Å²) in [7, 11) is 0. The molecule has 1 heterocycles. The predicted molar refractivity (Wildman–Crippen MR) is 85.4 cm³/mol. The molecule has 0 fully saturated rings. The van der Waals surface area contributed by atoms with Crippen molar-refractivity contribution in [3.05, 3.63) is 42.0 Å². The number of halogens is 1. The van der Waals surface area contributed by atoms with E-state index >= 15 is 0 Å². The van der Waals surface area contributed by atoms with Gasteiger partial charge in [0.2, 0.25) is 5.91 Å². The Hall–Kier alpha value is -2.37. The summed E-state index contributed by atoms with van der Waals surface area (Å²) in [4.78, 5) is 12.1. The number of anilines is 2. The first kappa shape index (κ1) is 16.0. The summed E-state index contributed by atoms with van der Waals surface area (Å²) < 4.78 is 15.6. The molecule has 1 atom stereocenters. The molecule has 0 bridgehead atoms. The lowest BCUT2D eigenvalue weighted by Crippen LogP contribution is -2.32. The van der Waals surface area contributed by atoms with Crippen molar-refractivity contribution in [2.75, 3.05) is 10.6 Å². The third-order valence-corrected chi connectivity index (χ3v) is 3.24. The summed E-state index contributed by atoms with van der Waals surface area (Å²) in [6.45, 7) is 6.42. The van der Waals surface area contributed by atoms with E-state index in [1.54, 1.807) is 32.2 Å². The van der Waals surface area contributed by atoms with Gasteiger partial charge in [0.25, 0.3) is 0 Å². The Kier molecular flexibility index (Phi) is 5.14. The van der Waals surface area contributed by atoms with Gasteiger partial charge in [-0.15, -0.1) is 0 Å². The highest BCUT2D eigenvalue weighted by Crippen LogP contribution is 2.16. The fourth-order valence-corrected chi connectivity index (χ4v) is 2.07. The number of hydrogen-bond acceptors (Lipinski definition) is 3. The minimum absolute atomic E-state index is 0.186. The minimum atomic E-state index is -0.500. The smallest absolute Gasteiger partial charge is 0.246 e. The Labute approximate surface area is 129 Å². The lowest BCUT2D eigenvalue weighted by Gasteiger charge is -2.14. The quantitative estimate of drug-likeness (QED) is 0.861. The van der Waals surface area contributed by atoms with E-state index in [0.717, 1.165) is 24.2 Å². The van der Waals surface area contributed by atoms with Crippen LogP contribution in [-0.4, -0.2) is 21.7 Å². The molecule has 6 heteroatoms. The van der Waals surface area contributed by atoms with E-state index in [2.05, 4.69) is 22.7 Å². The molecular weight excluding hydrogens is 283 g/mol. The number of hydrogen-bond donors (Lipinski definition) is 2. The first-order chi connectivity index (χ1) is 10.5. The number of carbonyl (C=O) groups is 1. The van der Waals surface area contributed by atoms with Crippen molar-refractivity contribution in [1.29, 1.82) is 0 Å². The molecule has 1 aromatic heterocycles. The average molecular weight is 304 g/mol. The van der Waals surface area contributed by atoms with Gasteiger partial charge >= 0.3 is 0 Å². The standard InChI is InChI=1S/C16H21FN4O/c1-4-7-21-10-13(9-18-21)19-12(3)16(22)20-15-6-5-11(2)8-14(15)17/h5-6,8-10,12,19H,4,7H2,1-3H3,(H,20,22). The molecule has 2 aromatic rings. The Bertz CT molecular complexity index is 653. The van der Waals surface area contributed by atoms with Crippen LogP contribution in [0.3, 0.4) is 0 Å². The fraction of sp³-hybridized carbons (Fsp3) is 0.375. The second kappa shape index (κ2) is 7.06. The zero-order valence-corrected chi connectivity index (χ0v) is 13.1. The third kappa shape index (κ3) is 4.07. The van der Waals surface area contributed by atoms with Crippen LogP contribution in [0.15, 0.2) is 30.6 Å². The largest absolute Gasteiger partial charge is 0.371 e. The van der Waals surface area contributed by atoms with Gasteiger partial charge < -0.3 is 10.6 Å². The van der Waals surface area contributed by atoms with Gasteiger partial charge in [-0.25, -0.2) is 4.39 Å². The molecule has 0 saturated heterocycles. The van der Waals surface area contributed by atoms with E-state index in [1.807, 2.05) is 10.9 Å². The lowest BCUT2D eigenvalue weighted by molar-refractivity contribution is -0.116. The molecule has 118 valence electrons. The van der Waals surface area contributed by atoms with Crippen LogP contribution in [0.4, 0.5) is 15.8 Å². The van der Waals surface area contributed by atoms with Crippen molar-refractivity contribution >= 4 is 17.3 Å². The minimum Gasteiger partial charge on any atom is -0.371 e. The maximum Gasteiger partial charge on any atom is 0.246 e. The molecule has 0 aliphatic carbocycles. The highest BCUT2D eigenvalue weighted by Gasteiger charge is 2.15. The summed E-state index contributed by atoms with van der Waals surface area (Å²) in [6, 6.07) is 4.21. The van der Waals surface area contributed by atoms with Gasteiger partial charge in [-0.2, -0.15) is 5.10 Å². The van der Waals surface area contributed by atoms with Crippen molar-refractivity contribution < 1.29 is 9.18 Å². The fourth-order valence-electron chi connectivity index (χ4n) is 2.07. The summed E-state index contributed by atoms with van der Waals surface area (Å²) in [6.07, 6.45) is 4.51. The van der Waals surface area contributed by atoms with Gasteiger partial charge in [0, 0.05) is 12.7 Å². The van der Waals surface area contributed by atoms with Crippen molar-refractivity contribution in [1.82, 2.24) is 9.78 Å². The second-order valence-corrected chi connectivity index (χ2v) is 5.33. The number of amides is 1. The maximum absolute atomic E-state index is 13.7. The number of nitrogens with one attached hydrogen (secondary N) is 2. The van der Waals surface area contributed by atoms with Gasteiger partial charge in [0.05, 0.1) is 17.6 Å². The first-order valence-electron chi connectivity index (χ1n) is 7.35. The SMILES string of the molecule is CCCn1cc(NC(C)C(=O)Nc2ccc(C)cc2F)cn1. The van der Waals surface area contributed by atoms with Gasteiger partial charge in [0.1, 0.15) is 11.9 Å². The number of rotatable bonds is 6. The molecule has 1 aromatic carbocycles.